The van der Waals surface area contributed by atoms with Crippen LogP contribution >= 0.6 is 31.9 Å². The van der Waals surface area contributed by atoms with E-state index in [1.807, 2.05) is 6.07 Å². The Morgan fingerprint density at radius 2 is 2.00 bits per heavy atom. The van der Waals surface area contributed by atoms with Gasteiger partial charge in [0.2, 0.25) is 0 Å². The molecule has 0 heterocycles. The zero-order chi connectivity index (χ0) is 16.0. The van der Waals surface area contributed by atoms with Gasteiger partial charge in [-0.2, -0.15) is 5.26 Å². The molecule has 110 valence electrons. The number of ether oxygens (including phenoxy) is 1. The zero-order valence-electron chi connectivity index (χ0n) is 11.7. The van der Waals surface area contributed by atoms with Crippen LogP contribution in [0.4, 0.5) is 0 Å². The number of nitriles is 1. The Morgan fingerprint density at radius 3 is 2.43 bits per heavy atom. The largest absolute Gasteiger partial charge is 0.487 e. The first kappa shape index (κ1) is 17.5. The Morgan fingerprint density at radius 1 is 1.43 bits per heavy atom. The lowest BCUT2D eigenvalue weighted by Gasteiger charge is -2.11. The lowest BCUT2D eigenvalue weighted by Crippen LogP contribution is -2.22. The summed E-state index contributed by atoms with van der Waals surface area (Å²) in [6.07, 6.45) is 3.19. The molecule has 1 amide bonds. The van der Waals surface area contributed by atoms with Crippen LogP contribution in [0.2, 0.25) is 0 Å². The molecule has 0 radical (unpaired) electrons. The minimum absolute atomic E-state index is 0.0681. The fourth-order valence-corrected chi connectivity index (χ4v) is 2.94. The van der Waals surface area contributed by atoms with Gasteiger partial charge in [-0.3, -0.25) is 4.79 Å². The van der Waals surface area contributed by atoms with Crippen LogP contribution in [0, 0.1) is 11.3 Å². The molecular weight excluding hydrogens is 400 g/mol. The van der Waals surface area contributed by atoms with E-state index in [0.29, 0.717) is 17.9 Å². The maximum absolute atomic E-state index is 11.8. The number of carbonyl (C=O) groups is 1. The van der Waals surface area contributed by atoms with Crippen molar-refractivity contribution in [1.29, 1.82) is 5.26 Å². The van der Waals surface area contributed by atoms with E-state index in [-0.39, 0.29) is 11.5 Å². The summed E-state index contributed by atoms with van der Waals surface area (Å²) in [5, 5.41) is 9.09. The van der Waals surface area contributed by atoms with E-state index in [0.717, 1.165) is 8.95 Å². The number of likely N-dealkylation sites (N-methyl/N-ethyl adjacent to an activating group) is 1. The fraction of sp³-hybridized carbons (Fsp3) is 0.200. The number of hydrogen-bond donors (Lipinski definition) is 0. The van der Waals surface area contributed by atoms with E-state index in [1.165, 1.54) is 11.0 Å². The zero-order valence-corrected chi connectivity index (χ0v) is 14.9. The maximum Gasteiger partial charge on any atom is 0.264 e. The lowest BCUT2D eigenvalue weighted by molar-refractivity contribution is -0.124. The van der Waals surface area contributed by atoms with Gasteiger partial charge in [0.15, 0.2) is 0 Å². The van der Waals surface area contributed by atoms with Crippen molar-refractivity contribution in [3.63, 3.8) is 0 Å². The van der Waals surface area contributed by atoms with Crippen LogP contribution < -0.4 is 4.74 Å². The van der Waals surface area contributed by atoms with Crippen molar-refractivity contribution in [1.82, 2.24) is 4.90 Å². The van der Waals surface area contributed by atoms with Gasteiger partial charge in [0, 0.05) is 14.1 Å². The number of nitrogens with zero attached hydrogens (tertiary/aromatic N) is 2. The number of carbonyl (C=O) groups excluding carboxylic acids is 1. The summed E-state index contributed by atoms with van der Waals surface area (Å²) in [6.45, 7) is 3.98. The molecule has 0 aromatic heterocycles. The predicted octanol–water partition coefficient (Wildman–Crippen LogP) is 3.77. The molecule has 1 aromatic carbocycles. The first-order valence-corrected chi connectivity index (χ1v) is 7.55. The third-order valence-corrected chi connectivity index (χ3v) is 3.61. The Kier molecular flexibility index (Phi) is 6.66. The van der Waals surface area contributed by atoms with E-state index >= 15 is 0 Å². The molecule has 21 heavy (non-hydrogen) atoms. The van der Waals surface area contributed by atoms with Gasteiger partial charge in [0.1, 0.15) is 24.0 Å². The molecule has 1 rings (SSSR count). The number of hydrogen-bond acceptors (Lipinski definition) is 3. The van der Waals surface area contributed by atoms with Crippen molar-refractivity contribution >= 4 is 43.8 Å². The summed E-state index contributed by atoms with van der Waals surface area (Å²) in [6, 6.07) is 5.48. The van der Waals surface area contributed by atoms with Crippen LogP contribution in [0.5, 0.6) is 5.75 Å². The van der Waals surface area contributed by atoms with Crippen molar-refractivity contribution in [2.75, 3.05) is 20.7 Å². The normalized spacial score (nSPS) is 10.7. The van der Waals surface area contributed by atoms with Gasteiger partial charge in [-0.05, 0) is 55.6 Å². The van der Waals surface area contributed by atoms with Crippen LogP contribution in [0.3, 0.4) is 0 Å². The second-order valence-corrected chi connectivity index (χ2v) is 5.99. The monoisotopic (exact) mass is 412 g/mol. The highest BCUT2D eigenvalue weighted by atomic mass is 79.9. The third kappa shape index (κ3) is 4.73. The highest BCUT2D eigenvalue weighted by Crippen LogP contribution is 2.35. The smallest absolute Gasteiger partial charge is 0.264 e. The average molecular weight is 414 g/mol. The molecule has 1 aromatic rings. The Hall–Kier alpha value is -1.58. The predicted molar refractivity (Wildman–Crippen MR) is 89.8 cm³/mol. The molecule has 0 spiro atoms. The molecule has 0 aliphatic carbocycles. The fourth-order valence-electron chi connectivity index (χ4n) is 1.49. The van der Waals surface area contributed by atoms with Crippen molar-refractivity contribution in [2.45, 2.75) is 0 Å². The molecule has 0 saturated heterocycles. The van der Waals surface area contributed by atoms with Crippen LogP contribution in [-0.2, 0) is 4.79 Å². The number of halogens is 2. The first-order chi connectivity index (χ1) is 9.90. The van der Waals surface area contributed by atoms with Crippen molar-refractivity contribution in [3.05, 3.63) is 44.9 Å². The molecule has 0 atom stereocenters. The molecule has 0 fully saturated rings. The maximum atomic E-state index is 11.8. The molecule has 0 unspecified atom stereocenters. The Balaban J connectivity index is 3.19. The van der Waals surface area contributed by atoms with Crippen LogP contribution in [0.1, 0.15) is 5.56 Å². The molecule has 0 saturated carbocycles. The summed E-state index contributed by atoms with van der Waals surface area (Å²) >= 11 is 6.82. The van der Waals surface area contributed by atoms with Gasteiger partial charge in [0.05, 0.1) is 8.95 Å². The number of rotatable bonds is 5. The quantitative estimate of drug-likeness (QED) is 0.419. The second-order valence-electron chi connectivity index (χ2n) is 4.28. The average Bonchev–Trinajstić information content (AvgIpc) is 2.43. The Bertz CT molecular complexity index is 608. The standard InChI is InChI=1S/C15H14Br2N2O2/c1-4-5-21-14-12(16)7-10(8-13(14)17)6-11(9-18)15(20)19(2)3/h4,6-8H,1,5H2,2-3H3/b11-6+. The van der Waals surface area contributed by atoms with Gasteiger partial charge in [-0.1, -0.05) is 12.7 Å². The molecule has 4 nitrogen and oxygen atoms in total. The summed E-state index contributed by atoms with van der Waals surface area (Å²) < 4.78 is 6.96. The van der Waals surface area contributed by atoms with Gasteiger partial charge >= 0.3 is 0 Å². The number of benzene rings is 1. The molecule has 6 heteroatoms. The molecular formula is C15H14Br2N2O2. The third-order valence-electron chi connectivity index (χ3n) is 2.43. The molecule has 0 bridgehead atoms. The summed E-state index contributed by atoms with van der Waals surface area (Å²) in [5.74, 6) is 0.307. The van der Waals surface area contributed by atoms with Gasteiger partial charge < -0.3 is 9.64 Å². The molecule has 0 aliphatic rings. The molecule has 0 N–H and O–H groups in total. The highest BCUT2D eigenvalue weighted by Gasteiger charge is 2.13. The van der Waals surface area contributed by atoms with E-state index in [2.05, 4.69) is 38.4 Å². The minimum atomic E-state index is -0.336. The van der Waals surface area contributed by atoms with Gasteiger partial charge in [-0.25, -0.2) is 0 Å². The Labute approximate surface area is 140 Å². The lowest BCUT2D eigenvalue weighted by atomic mass is 10.1. The second kappa shape index (κ2) is 8.01. The first-order valence-electron chi connectivity index (χ1n) is 5.97. The van der Waals surface area contributed by atoms with Crippen LogP contribution in [-0.4, -0.2) is 31.5 Å². The number of amides is 1. The van der Waals surface area contributed by atoms with E-state index in [9.17, 15) is 4.79 Å². The summed E-state index contributed by atoms with van der Waals surface area (Å²) in [4.78, 5) is 13.2. The highest BCUT2D eigenvalue weighted by molar-refractivity contribution is 9.11. The van der Waals surface area contributed by atoms with Gasteiger partial charge in [-0.15, -0.1) is 0 Å². The van der Waals surface area contributed by atoms with Crippen LogP contribution in [0.25, 0.3) is 6.08 Å². The van der Waals surface area contributed by atoms with Gasteiger partial charge in [0.25, 0.3) is 5.91 Å². The van der Waals surface area contributed by atoms with Crippen molar-refractivity contribution in [3.8, 4) is 11.8 Å². The van der Waals surface area contributed by atoms with Crippen LogP contribution in [0.15, 0.2) is 39.3 Å². The van der Waals surface area contributed by atoms with Crippen molar-refractivity contribution in [2.24, 2.45) is 0 Å². The van der Waals surface area contributed by atoms with E-state index in [1.54, 1.807) is 32.3 Å². The summed E-state index contributed by atoms with van der Waals surface area (Å²) in [7, 11) is 3.21. The topological polar surface area (TPSA) is 53.3 Å². The SMILES string of the molecule is C=CCOc1c(Br)cc(/C=C(\C#N)C(=O)N(C)C)cc1Br. The van der Waals surface area contributed by atoms with E-state index < -0.39 is 0 Å². The van der Waals surface area contributed by atoms with E-state index in [4.69, 9.17) is 10.00 Å². The summed E-state index contributed by atoms with van der Waals surface area (Å²) in [5.41, 5.74) is 0.782. The minimum Gasteiger partial charge on any atom is -0.487 e. The molecule has 0 aliphatic heterocycles. The van der Waals surface area contributed by atoms with Crippen molar-refractivity contribution < 1.29 is 9.53 Å².